The van der Waals surface area contributed by atoms with Crippen LogP contribution in [-0.2, 0) is 0 Å². The number of aromatic carboxylic acids is 1. The minimum Gasteiger partial charge on any atom is -0.478 e. The number of carbonyl (C=O) groups is 1. The second-order valence-electron chi connectivity index (χ2n) is 3.69. The zero-order valence-electron chi connectivity index (χ0n) is 9.91. The van der Waals surface area contributed by atoms with Gasteiger partial charge in [0.05, 0.1) is 17.5 Å². The fourth-order valence-corrected chi connectivity index (χ4v) is 1.32. The molecule has 6 nitrogen and oxygen atoms in total. The lowest BCUT2D eigenvalue weighted by Crippen LogP contribution is -2.04. The van der Waals surface area contributed by atoms with E-state index >= 15 is 0 Å². The Balaban J connectivity index is 2.22. The van der Waals surface area contributed by atoms with Crippen molar-refractivity contribution < 1.29 is 14.6 Å². The van der Waals surface area contributed by atoms with Crippen LogP contribution in [0.15, 0.2) is 24.5 Å². The molecular weight excluding hydrogens is 234 g/mol. The van der Waals surface area contributed by atoms with Gasteiger partial charge >= 0.3 is 12.0 Å². The van der Waals surface area contributed by atoms with E-state index in [-0.39, 0.29) is 11.6 Å². The predicted molar refractivity (Wildman–Crippen MR) is 62.8 cm³/mol. The molecule has 1 N–H and O–H groups in total. The Kier molecular flexibility index (Phi) is 3.18. The van der Waals surface area contributed by atoms with Crippen molar-refractivity contribution in [1.29, 1.82) is 0 Å². The minimum absolute atomic E-state index is 0.0596. The van der Waals surface area contributed by atoms with Crippen molar-refractivity contribution in [2.45, 2.75) is 13.8 Å². The van der Waals surface area contributed by atoms with E-state index in [0.717, 1.165) is 5.69 Å². The molecule has 0 aliphatic carbocycles. The van der Waals surface area contributed by atoms with Crippen molar-refractivity contribution in [1.82, 2.24) is 15.0 Å². The third-order valence-electron chi connectivity index (χ3n) is 2.28. The largest absolute Gasteiger partial charge is 0.478 e. The smallest absolute Gasteiger partial charge is 0.339 e. The maximum atomic E-state index is 10.8. The third-order valence-corrected chi connectivity index (χ3v) is 2.28. The maximum Gasteiger partial charge on any atom is 0.339 e. The maximum absolute atomic E-state index is 10.8. The molecule has 6 heteroatoms. The van der Waals surface area contributed by atoms with Gasteiger partial charge < -0.3 is 9.84 Å². The molecule has 0 atom stereocenters. The fraction of sp³-hybridized carbons (Fsp3) is 0.167. The second kappa shape index (κ2) is 4.79. The quantitative estimate of drug-likeness (QED) is 0.889. The zero-order chi connectivity index (χ0) is 13.1. The molecule has 18 heavy (non-hydrogen) atoms. The van der Waals surface area contributed by atoms with Gasteiger partial charge in [0.2, 0.25) is 0 Å². The lowest BCUT2D eigenvalue weighted by atomic mass is 10.2. The van der Waals surface area contributed by atoms with Crippen LogP contribution >= 0.6 is 0 Å². The average molecular weight is 245 g/mol. The molecule has 0 bridgehead atoms. The molecule has 0 saturated carbocycles. The van der Waals surface area contributed by atoms with E-state index in [1.54, 1.807) is 25.3 Å². The topological polar surface area (TPSA) is 85.2 Å². The highest BCUT2D eigenvalue weighted by molar-refractivity contribution is 5.88. The lowest BCUT2D eigenvalue weighted by Gasteiger charge is -2.05. The van der Waals surface area contributed by atoms with Crippen molar-refractivity contribution in [3.8, 4) is 11.8 Å². The summed E-state index contributed by atoms with van der Waals surface area (Å²) in [6.45, 7) is 3.46. The van der Waals surface area contributed by atoms with Crippen LogP contribution < -0.4 is 4.74 Å². The van der Waals surface area contributed by atoms with E-state index in [0.29, 0.717) is 11.4 Å². The second-order valence-corrected chi connectivity index (χ2v) is 3.69. The summed E-state index contributed by atoms with van der Waals surface area (Å²) in [6.07, 6.45) is 2.78. The monoisotopic (exact) mass is 245 g/mol. The summed E-state index contributed by atoms with van der Waals surface area (Å²) in [5.41, 5.74) is 1.29. The molecule has 0 radical (unpaired) electrons. The SMILES string of the molecule is Cc1ccc(Oc2ncc(C(=O)O)c(C)n2)cn1. The van der Waals surface area contributed by atoms with Crippen molar-refractivity contribution in [2.75, 3.05) is 0 Å². The third kappa shape index (κ3) is 2.60. The van der Waals surface area contributed by atoms with E-state index in [2.05, 4.69) is 15.0 Å². The molecule has 0 aliphatic heterocycles. The highest BCUT2D eigenvalue weighted by Gasteiger charge is 2.10. The van der Waals surface area contributed by atoms with E-state index in [9.17, 15) is 4.79 Å². The Morgan fingerprint density at radius 3 is 2.56 bits per heavy atom. The molecule has 0 saturated heterocycles. The van der Waals surface area contributed by atoms with Crippen molar-refractivity contribution in [3.63, 3.8) is 0 Å². The van der Waals surface area contributed by atoms with Gasteiger partial charge in [-0.05, 0) is 26.0 Å². The summed E-state index contributed by atoms with van der Waals surface area (Å²) >= 11 is 0. The zero-order valence-corrected chi connectivity index (χ0v) is 9.91. The number of pyridine rings is 1. The molecule has 2 aromatic rings. The summed E-state index contributed by atoms with van der Waals surface area (Å²) in [5.74, 6) is -0.556. The average Bonchev–Trinajstić information content (AvgIpc) is 2.32. The van der Waals surface area contributed by atoms with Crippen molar-refractivity contribution >= 4 is 5.97 Å². The molecule has 0 amide bonds. The Morgan fingerprint density at radius 2 is 2.00 bits per heavy atom. The summed E-state index contributed by atoms with van der Waals surface area (Å²) < 4.78 is 5.37. The Hall–Kier alpha value is -2.50. The first kappa shape index (κ1) is 12.0. The Bertz CT molecular complexity index is 582. The van der Waals surface area contributed by atoms with Gasteiger partial charge in [-0.15, -0.1) is 0 Å². The first-order chi connectivity index (χ1) is 8.56. The molecule has 2 aromatic heterocycles. The molecule has 0 fully saturated rings. The number of aryl methyl sites for hydroxylation is 2. The Morgan fingerprint density at radius 1 is 1.22 bits per heavy atom. The number of nitrogens with zero attached hydrogens (tertiary/aromatic N) is 3. The number of carboxylic acids is 1. The summed E-state index contributed by atoms with van der Waals surface area (Å²) in [7, 11) is 0. The van der Waals surface area contributed by atoms with E-state index < -0.39 is 5.97 Å². The highest BCUT2D eigenvalue weighted by Crippen LogP contribution is 2.17. The van der Waals surface area contributed by atoms with Gasteiger partial charge in [-0.2, -0.15) is 4.98 Å². The normalized spacial score (nSPS) is 10.1. The molecule has 92 valence electrons. The van der Waals surface area contributed by atoms with Crippen LogP contribution in [0.4, 0.5) is 0 Å². The van der Waals surface area contributed by atoms with Crippen LogP contribution in [0.25, 0.3) is 0 Å². The van der Waals surface area contributed by atoms with Crippen LogP contribution in [0, 0.1) is 13.8 Å². The number of hydrogen-bond acceptors (Lipinski definition) is 5. The van der Waals surface area contributed by atoms with Crippen LogP contribution in [0.1, 0.15) is 21.7 Å². The first-order valence-electron chi connectivity index (χ1n) is 5.23. The van der Waals surface area contributed by atoms with Crippen LogP contribution in [0.3, 0.4) is 0 Å². The number of carboxylic acid groups (broad SMARTS) is 1. The number of rotatable bonds is 3. The van der Waals surface area contributed by atoms with E-state index in [4.69, 9.17) is 9.84 Å². The van der Waals surface area contributed by atoms with E-state index in [1.165, 1.54) is 6.20 Å². The first-order valence-corrected chi connectivity index (χ1v) is 5.23. The van der Waals surface area contributed by atoms with Gasteiger partial charge in [0.1, 0.15) is 5.75 Å². The summed E-state index contributed by atoms with van der Waals surface area (Å²) in [6, 6.07) is 3.64. The minimum atomic E-state index is -1.06. The molecule has 2 rings (SSSR count). The fourth-order valence-electron chi connectivity index (χ4n) is 1.32. The molecule has 2 heterocycles. The lowest BCUT2D eigenvalue weighted by molar-refractivity contribution is 0.0695. The van der Waals surface area contributed by atoms with Gasteiger partial charge in [-0.25, -0.2) is 9.78 Å². The standard InChI is InChI=1S/C12H11N3O3/c1-7-3-4-9(5-13-7)18-12-14-6-10(11(16)17)8(2)15-12/h3-6H,1-2H3,(H,16,17). The molecule has 0 aliphatic rings. The highest BCUT2D eigenvalue weighted by atomic mass is 16.5. The van der Waals surface area contributed by atoms with Gasteiger partial charge in [-0.3, -0.25) is 4.98 Å². The van der Waals surface area contributed by atoms with Crippen molar-refractivity contribution in [3.05, 3.63) is 41.5 Å². The van der Waals surface area contributed by atoms with Crippen LogP contribution in [0.5, 0.6) is 11.8 Å². The molecular formula is C12H11N3O3. The Labute approximate surface area is 103 Å². The van der Waals surface area contributed by atoms with Gasteiger partial charge in [0, 0.05) is 11.9 Å². The number of aromatic nitrogens is 3. The summed E-state index contributed by atoms with van der Waals surface area (Å²) in [5, 5.41) is 8.85. The van der Waals surface area contributed by atoms with Gasteiger partial charge in [0.25, 0.3) is 0 Å². The van der Waals surface area contributed by atoms with Crippen molar-refractivity contribution in [2.24, 2.45) is 0 Å². The molecule has 0 spiro atoms. The summed E-state index contributed by atoms with van der Waals surface area (Å²) in [4.78, 5) is 22.7. The van der Waals surface area contributed by atoms with Gasteiger partial charge in [-0.1, -0.05) is 0 Å². The molecule has 0 aromatic carbocycles. The van der Waals surface area contributed by atoms with Gasteiger partial charge in [0.15, 0.2) is 0 Å². The van der Waals surface area contributed by atoms with E-state index in [1.807, 2.05) is 6.92 Å². The predicted octanol–water partition coefficient (Wildman–Crippen LogP) is 1.98. The number of hydrogen-bond donors (Lipinski definition) is 1. The van der Waals surface area contributed by atoms with Crippen LogP contribution in [-0.4, -0.2) is 26.0 Å². The number of ether oxygens (including phenoxy) is 1. The van der Waals surface area contributed by atoms with Crippen LogP contribution in [0.2, 0.25) is 0 Å². The molecule has 0 unspecified atom stereocenters.